The van der Waals surface area contributed by atoms with Gasteiger partial charge in [0.15, 0.2) is 6.29 Å². The lowest BCUT2D eigenvalue weighted by Crippen LogP contribution is -2.60. The lowest BCUT2D eigenvalue weighted by Gasteiger charge is -2.40. The molecule has 5 unspecified atom stereocenters. The van der Waals surface area contributed by atoms with Gasteiger partial charge in [-0.1, -0.05) is 237 Å². The van der Waals surface area contributed by atoms with Crippen LogP contribution in [0.2, 0.25) is 0 Å². The van der Waals surface area contributed by atoms with E-state index in [9.17, 15) is 30.3 Å². The van der Waals surface area contributed by atoms with E-state index >= 15 is 0 Å². The molecular formula is C70H136N4O17. The number of aromatic nitrogens is 3. The first-order valence-electron chi connectivity index (χ1n) is 36.7. The van der Waals surface area contributed by atoms with Crippen molar-refractivity contribution in [2.24, 2.45) is 0 Å². The second-order valence-electron chi connectivity index (χ2n) is 25.0. The molecule has 1 saturated heterocycles. The van der Waals surface area contributed by atoms with Gasteiger partial charge in [-0.25, -0.2) is 4.68 Å². The second kappa shape index (κ2) is 64.0. The molecule has 1 aliphatic heterocycles. The Labute approximate surface area is 551 Å². The van der Waals surface area contributed by atoms with Crippen molar-refractivity contribution in [2.45, 2.75) is 314 Å². The number of hydrogen-bond donors (Lipinski definition) is 6. The third kappa shape index (κ3) is 50.1. The number of carbonyl (C=O) groups excluding carboxylic acids is 1. The first-order valence-corrected chi connectivity index (χ1v) is 36.7. The number of nitrogens with zero attached hydrogens (tertiary/aromatic N) is 3. The maximum atomic E-state index is 13.4. The fourth-order valence-electron chi connectivity index (χ4n) is 11.1. The Morgan fingerprint density at radius 1 is 0.484 bits per heavy atom. The third-order valence-corrected chi connectivity index (χ3v) is 16.9. The van der Waals surface area contributed by atoms with Gasteiger partial charge < -0.3 is 83.0 Å². The topological polar surface area (TPSA) is 262 Å². The van der Waals surface area contributed by atoms with Crippen molar-refractivity contribution in [1.29, 1.82) is 0 Å². The molecule has 91 heavy (non-hydrogen) atoms. The average Bonchev–Trinajstić information content (AvgIpc) is 1.89. The average molecular weight is 1310 g/mol. The normalized spacial score (nSPS) is 17.9. The monoisotopic (exact) mass is 1300 g/mol. The molecule has 0 aromatic carbocycles. The molecule has 1 amide bonds. The summed E-state index contributed by atoms with van der Waals surface area (Å²) in [4.78, 5) is 13.4. The Bertz CT molecular complexity index is 1680. The molecular weight excluding hydrogens is 1170 g/mol. The summed E-state index contributed by atoms with van der Waals surface area (Å²) in [7, 11) is 1.64. The third-order valence-electron chi connectivity index (χ3n) is 16.9. The minimum atomic E-state index is -1.64. The van der Waals surface area contributed by atoms with Crippen LogP contribution in [0.15, 0.2) is 6.20 Å². The lowest BCUT2D eigenvalue weighted by molar-refractivity contribution is -0.301. The summed E-state index contributed by atoms with van der Waals surface area (Å²) in [5.74, 6) is -0.263. The van der Waals surface area contributed by atoms with Crippen LogP contribution in [0.1, 0.15) is 257 Å². The highest BCUT2D eigenvalue weighted by Crippen LogP contribution is 2.25. The largest absolute Gasteiger partial charge is 0.390 e. The smallest absolute Gasteiger partial charge is 0.220 e. The van der Waals surface area contributed by atoms with Crippen molar-refractivity contribution in [2.75, 3.05) is 119 Å². The highest BCUT2D eigenvalue weighted by molar-refractivity contribution is 5.76. The minimum absolute atomic E-state index is 0.0414. The molecule has 21 nitrogen and oxygen atoms in total. The van der Waals surface area contributed by atoms with Crippen LogP contribution >= 0.6 is 0 Å². The van der Waals surface area contributed by atoms with Crippen LogP contribution in [0.3, 0.4) is 0 Å². The quantitative estimate of drug-likeness (QED) is 0.0331. The molecule has 538 valence electrons. The summed E-state index contributed by atoms with van der Waals surface area (Å²) in [6, 6.07) is -1.03. The molecule has 0 radical (unpaired) electrons. The van der Waals surface area contributed by atoms with Gasteiger partial charge in [0.25, 0.3) is 0 Å². The summed E-state index contributed by atoms with van der Waals surface area (Å²) in [6.45, 7) is 11.7. The van der Waals surface area contributed by atoms with Crippen LogP contribution < -0.4 is 5.32 Å². The van der Waals surface area contributed by atoms with Gasteiger partial charge in [-0.2, -0.15) is 0 Å². The molecule has 1 aliphatic rings. The maximum Gasteiger partial charge on any atom is 0.220 e. The fourth-order valence-corrected chi connectivity index (χ4v) is 11.1. The number of hydrogen-bond acceptors (Lipinski definition) is 19. The zero-order valence-electron chi connectivity index (χ0n) is 57.8. The molecule has 21 heteroatoms. The number of nitrogens with one attached hydrogen (secondary N) is 1. The van der Waals surface area contributed by atoms with Crippen LogP contribution in [-0.2, 0) is 70.1 Å². The number of methoxy groups -OCH3 is 1. The molecule has 1 fully saturated rings. The van der Waals surface area contributed by atoms with E-state index in [1.165, 1.54) is 178 Å². The standard InChI is InChI=1S/C70H136N4O17/c1-4-6-8-10-12-14-16-18-19-20-21-22-23-24-25-26-27-28-30-32-34-36-38-40-65(76)71-62(66(77)63(75)39-37-35-33-31-29-17-15-13-11-9-7-5-2)60-90-70-69(80)68(79)67(78)64(91-70)58-74-57-61(72-73-74)59-89-56-55-88-54-53-87-52-51-86-50-49-85-48-47-84-46-45-83-44-43-82-42-41-81-3/h57,62-64,66-70,75,77-80H,4-56,58-60H2,1-3H3,(H,71,76)/t62-,63+,64?,66-,67?,68?,69?,70?/m0/s1. The first kappa shape index (κ1) is 85.1. The molecule has 0 aliphatic carbocycles. The first-order chi connectivity index (χ1) is 44.7. The number of rotatable bonds is 71. The van der Waals surface area contributed by atoms with E-state index in [0.717, 1.165) is 44.9 Å². The molecule has 1 aromatic rings. The lowest BCUT2D eigenvalue weighted by atomic mass is 9.98. The molecule has 0 spiro atoms. The van der Waals surface area contributed by atoms with Crippen molar-refractivity contribution >= 4 is 5.91 Å². The van der Waals surface area contributed by atoms with Crippen LogP contribution in [0.25, 0.3) is 0 Å². The zero-order chi connectivity index (χ0) is 65.6. The van der Waals surface area contributed by atoms with Gasteiger partial charge in [0.1, 0.15) is 36.2 Å². The SMILES string of the molecule is CCCCCCCCCCCCCCCCCCCCCCCCCC(=O)N[C@@H](COC1OC(Cn2cc(COCCOCCOCCOCCOCCOCCOCCOCCOC)nn2)C(O)C(O)C1O)[C@H](O)[C@H](O)CCCCCCCCCCCCCC. The van der Waals surface area contributed by atoms with Crippen molar-refractivity contribution in [3.8, 4) is 0 Å². The van der Waals surface area contributed by atoms with Gasteiger partial charge in [-0.05, 0) is 12.8 Å². The van der Waals surface area contributed by atoms with E-state index in [4.69, 9.17) is 52.1 Å². The van der Waals surface area contributed by atoms with Gasteiger partial charge in [-0.15, -0.1) is 5.10 Å². The molecule has 8 atom stereocenters. The number of carbonyl (C=O) groups is 1. The number of aliphatic hydroxyl groups is 5. The van der Waals surface area contributed by atoms with Crippen LogP contribution in [-0.4, -0.2) is 215 Å². The number of ether oxygens (including phenoxy) is 11. The van der Waals surface area contributed by atoms with Gasteiger partial charge >= 0.3 is 0 Å². The zero-order valence-corrected chi connectivity index (χ0v) is 57.8. The number of aliphatic hydroxyl groups excluding tert-OH is 5. The van der Waals surface area contributed by atoms with Crippen LogP contribution in [0.4, 0.5) is 0 Å². The van der Waals surface area contributed by atoms with Crippen molar-refractivity contribution < 1.29 is 82.4 Å². The van der Waals surface area contributed by atoms with Gasteiger partial charge in [0.2, 0.25) is 5.91 Å². The van der Waals surface area contributed by atoms with E-state index < -0.39 is 49.0 Å². The van der Waals surface area contributed by atoms with Crippen LogP contribution in [0.5, 0.6) is 0 Å². The second-order valence-corrected chi connectivity index (χ2v) is 25.0. The van der Waals surface area contributed by atoms with Crippen molar-refractivity contribution in [1.82, 2.24) is 20.3 Å². The molecule has 1 aromatic heterocycles. The summed E-state index contributed by atoms with van der Waals surface area (Å²) in [5.41, 5.74) is 0.517. The van der Waals surface area contributed by atoms with Gasteiger partial charge in [-0.3, -0.25) is 4.79 Å². The van der Waals surface area contributed by atoms with E-state index in [2.05, 4.69) is 29.5 Å². The molecule has 0 saturated carbocycles. The predicted octanol–water partition coefficient (Wildman–Crippen LogP) is 11.1. The van der Waals surface area contributed by atoms with E-state index in [1.807, 2.05) is 0 Å². The van der Waals surface area contributed by atoms with Crippen molar-refractivity contribution in [3.05, 3.63) is 11.9 Å². The molecule has 6 N–H and O–H groups in total. The summed E-state index contributed by atoms with van der Waals surface area (Å²) < 4.78 is 62.6. The van der Waals surface area contributed by atoms with E-state index in [1.54, 1.807) is 13.3 Å². The summed E-state index contributed by atoms with van der Waals surface area (Å²) in [5, 5.41) is 67.0. The van der Waals surface area contributed by atoms with Crippen molar-refractivity contribution in [3.63, 3.8) is 0 Å². The Hall–Kier alpha value is -2.03. The molecule has 2 heterocycles. The Morgan fingerprint density at radius 2 is 0.835 bits per heavy atom. The van der Waals surface area contributed by atoms with E-state index in [0.29, 0.717) is 124 Å². The Kier molecular flexibility index (Phi) is 59.8. The number of unbranched alkanes of at least 4 members (excludes halogenated alkanes) is 33. The Balaban J connectivity index is 1.68. The number of amides is 1. The highest BCUT2D eigenvalue weighted by Gasteiger charge is 2.45. The molecule has 0 bridgehead atoms. The summed E-state index contributed by atoms with van der Waals surface area (Å²) in [6.07, 6.45) is 36.5. The van der Waals surface area contributed by atoms with Gasteiger partial charge in [0.05, 0.1) is 144 Å². The fraction of sp³-hybridized carbons (Fsp3) is 0.957. The van der Waals surface area contributed by atoms with E-state index in [-0.39, 0.29) is 32.1 Å². The maximum absolute atomic E-state index is 13.4. The Morgan fingerprint density at radius 3 is 1.22 bits per heavy atom. The minimum Gasteiger partial charge on any atom is -0.390 e. The predicted molar refractivity (Wildman–Crippen MR) is 356 cm³/mol. The highest BCUT2D eigenvalue weighted by atomic mass is 16.7. The van der Waals surface area contributed by atoms with Gasteiger partial charge in [0, 0.05) is 13.5 Å². The molecule has 2 rings (SSSR count). The summed E-state index contributed by atoms with van der Waals surface area (Å²) >= 11 is 0. The van der Waals surface area contributed by atoms with Crippen LogP contribution in [0, 0.1) is 0 Å².